The number of hydrogen-bond acceptors (Lipinski definition) is 5. The summed E-state index contributed by atoms with van der Waals surface area (Å²) in [4.78, 5) is 16.7. The van der Waals surface area contributed by atoms with Crippen LogP contribution in [0.25, 0.3) is 5.65 Å². The Morgan fingerprint density at radius 3 is 2.61 bits per heavy atom. The maximum Gasteiger partial charge on any atom is 0.407 e. The predicted molar refractivity (Wildman–Crippen MR) is 111 cm³/mol. The van der Waals surface area contributed by atoms with Crippen molar-refractivity contribution in [3.05, 3.63) is 24.0 Å². The molecular weight excluding hydrogens is 354 g/mol. The van der Waals surface area contributed by atoms with Crippen molar-refractivity contribution in [1.82, 2.24) is 19.9 Å². The maximum atomic E-state index is 12.0. The van der Waals surface area contributed by atoms with Crippen LogP contribution in [0.15, 0.2) is 18.3 Å². The van der Waals surface area contributed by atoms with E-state index in [2.05, 4.69) is 35.6 Å². The van der Waals surface area contributed by atoms with Crippen molar-refractivity contribution in [2.45, 2.75) is 90.3 Å². The zero-order valence-electron chi connectivity index (χ0n) is 17.7. The van der Waals surface area contributed by atoms with E-state index < -0.39 is 5.60 Å². The van der Waals surface area contributed by atoms with Crippen LogP contribution in [0, 0.1) is 0 Å². The number of rotatable bonds is 5. The first-order valence-electron chi connectivity index (χ1n) is 10.4. The number of ether oxygens (including phenoxy) is 1. The summed E-state index contributed by atoms with van der Waals surface area (Å²) in [6.07, 6.45) is 6.36. The van der Waals surface area contributed by atoms with E-state index in [0.717, 1.165) is 49.3 Å². The fourth-order valence-electron chi connectivity index (χ4n) is 3.56. The topological polar surface area (TPSA) is 80.5 Å². The minimum Gasteiger partial charge on any atom is -0.444 e. The fraction of sp³-hybridized carbons (Fsp3) is 0.667. The van der Waals surface area contributed by atoms with Crippen molar-refractivity contribution in [1.29, 1.82) is 0 Å². The molecule has 1 fully saturated rings. The molecule has 0 aromatic carbocycles. The molecule has 1 atom stereocenters. The van der Waals surface area contributed by atoms with Crippen molar-refractivity contribution in [2.24, 2.45) is 0 Å². The number of nitrogens with one attached hydrogen (secondary N) is 2. The second kappa shape index (κ2) is 8.37. The smallest absolute Gasteiger partial charge is 0.407 e. The Kier molecular flexibility index (Phi) is 6.10. The molecule has 154 valence electrons. The number of nitrogens with zero attached hydrogens (tertiary/aromatic N) is 3. The summed E-state index contributed by atoms with van der Waals surface area (Å²) in [7, 11) is 0. The number of aromatic nitrogens is 3. The molecule has 0 saturated heterocycles. The van der Waals surface area contributed by atoms with E-state index in [1.165, 1.54) is 0 Å². The van der Waals surface area contributed by atoms with Gasteiger partial charge in [0.2, 0.25) is 0 Å². The van der Waals surface area contributed by atoms with E-state index in [4.69, 9.17) is 9.72 Å². The van der Waals surface area contributed by atoms with Crippen LogP contribution in [0.2, 0.25) is 0 Å². The summed E-state index contributed by atoms with van der Waals surface area (Å²) in [5.74, 6) is 1.41. The first-order chi connectivity index (χ1) is 13.2. The van der Waals surface area contributed by atoms with Gasteiger partial charge < -0.3 is 15.4 Å². The summed E-state index contributed by atoms with van der Waals surface area (Å²) in [6.45, 7) is 10.0. The van der Waals surface area contributed by atoms with Crippen LogP contribution in [0.5, 0.6) is 0 Å². The summed E-state index contributed by atoms with van der Waals surface area (Å²) >= 11 is 0. The van der Waals surface area contributed by atoms with E-state index in [-0.39, 0.29) is 12.1 Å². The van der Waals surface area contributed by atoms with E-state index in [0.29, 0.717) is 12.0 Å². The minimum absolute atomic E-state index is 0.172. The van der Waals surface area contributed by atoms with Gasteiger partial charge in [-0.25, -0.2) is 9.78 Å². The standard InChI is InChI=1S/C21H33N5O2/c1-6-14(2)17-13-19(26-18(25-17)11-12-22-26)23-15-7-9-16(10-8-15)24-20(27)28-21(3,4)5/h11-16,23H,6-10H2,1-5H3,(H,24,27). The Hall–Kier alpha value is -2.31. The summed E-state index contributed by atoms with van der Waals surface area (Å²) in [5, 5.41) is 11.1. The van der Waals surface area contributed by atoms with Gasteiger partial charge in [-0.1, -0.05) is 13.8 Å². The van der Waals surface area contributed by atoms with Gasteiger partial charge in [-0.2, -0.15) is 9.61 Å². The van der Waals surface area contributed by atoms with Gasteiger partial charge in [0.1, 0.15) is 11.4 Å². The number of hydrogen-bond donors (Lipinski definition) is 2. The molecule has 1 saturated carbocycles. The minimum atomic E-state index is -0.466. The van der Waals surface area contributed by atoms with Gasteiger partial charge >= 0.3 is 6.09 Å². The molecule has 1 amide bonds. The van der Waals surface area contributed by atoms with E-state index >= 15 is 0 Å². The molecule has 0 radical (unpaired) electrons. The summed E-state index contributed by atoms with van der Waals surface area (Å²) < 4.78 is 7.24. The van der Waals surface area contributed by atoms with Crippen LogP contribution < -0.4 is 10.6 Å². The molecule has 0 spiro atoms. The molecule has 7 nitrogen and oxygen atoms in total. The van der Waals surface area contributed by atoms with Crippen molar-refractivity contribution in [3.8, 4) is 0 Å². The predicted octanol–water partition coefficient (Wildman–Crippen LogP) is 4.49. The Morgan fingerprint density at radius 1 is 1.29 bits per heavy atom. The second-order valence-electron chi connectivity index (χ2n) is 8.82. The molecule has 2 aromatic heterocycles. The molecular formula is C21H33N5O2. The lowest BCUT2D eigenvalue weighted by atomic mass is 9.91. The number of fused-ring (bicyclic) bond motifs is 1. The van der Waals surface area contributed by atoms with Crippen LogP contribution in [-0.2, 0) is 4.74 Å². The average molecular weight is 388 g/mol. The highest BCUT2D eigenvalue weighted by Gasteiger charge is 2.25. The molecule has 2 heterocycles. The van der Waals surface area contributed by atoms with E-state index in [9.17, 15) is 4.79 Å². The highest BCUT2D eigenvalue weighted by Crippen LogP contribution is 2.26. The first kappa shape index (κ1) is 20.4. The van der Waals surface area contributed by atoms with Crippen LogP contribution in [0.1, 0.15) is 78.3 Å². The molecule has 0 aliphatic heterocycles. The molecule has 3 rings (SSSR count). The van der Waals surface area contributed by atoms with Gasteiger partial charge in [0, 0.05) is 29.9 Å². The zero-order valence-corrected chi connectivity index (χ0v) is 17.7. The van der Waals surface area contributed by atoms with Gasteiger partial charge in [-0.3, -0.25) is 0 Å². The van der Waals surface area contributed by atoms with Gasteiger partial charge in [0.05, 0.1) is 6.20 Å². The lowest BCUT2D eigenvalue weighted by molar-refractivity contribution is 0.0492. The van der Waals surface area contributed by atoms with Crippen molar-refractivity contribution in [3.63, 3.8) is 0 Å². The highest BCUT2D eigenvalue weighted by atomic mass is 16.6. The van der Waals surface area contributed by atoms with Crippen LogP contribution >= 0.6 is 0 Å². The first-order valence-corrected chi connectivity index (χ1v) is 10.4. The third-order valence-electron chi connectivity index (χ3n) is 5.30. The SMILES string of the molecule is CCC(C)c1cc(NC2CCC(NC(=O)OC(C)(C)C)CC2)n2nccc2n1. The molecule has 0 bridgehead atoms. The van der Waals surface area contributed by atoms with Crippen molar-refractivity contribution >= 4 is 17.6 Å². The second-order valence-corrected chi connectivity index (χ2v) is 8.82. The Morgan fingerprint density at radius 2 is 1.96 bits per heavy atom. The Balaban J connectivity index is 1.60. The Labute approximate surface area is 167 Å². The lowest BCUT2D eigenvalue weighted by Gasteiger charge is -2.31. The van der Waals surface area contributed by atoms with Crippen LogP contribution in [-0.4, -0.2) is 38.4 Å². The maximum absolute atomic E-state index is 12.0. The molecule has 2 aromatic rings. The quantitative estimate of drug-likeness (QED) is 0.790. The van der Waals surface area contributed by atoms with E-state index in [1.54, 1.807) is 6.20 Å². The number of amides is 1. The normalized spacial score (nSPS) is 21.3. The van der Waals surface area contributed by atoms with Gasteiger partial charge in [-0.05, 0) is 58.8 Å². The third-order valence-corrected chi connectivity index (χ3v) is 5.30. The summed E-state index contributed by atoms with van der Waals surface area (Å²) in [6, 6.07) is 4.60. The van der Waals surface area contributed by atoms with Crippen LogP contribution in [0.4, 0.5) is 10.6 Å². The monoisotopic (exact) mass is 387 g/mol. The van der Waals surface area contributed by atoms with Crippen LogP contribution in [0.3, 0.4) is 0 Å². The third kappa shape index (κ3) is 5.14. The fourth-order valence-corrected chi connectivity index (χ4v) is 3.56. The lowest BCUT2D eigenvalue weighted by Crippen LogP contribution is -2.42. The molecule has 2 N–H and O–H groups in total. The number of anilines is 1. The number of carbonyl (C=O) groups is 1. The van der Waals surface area contributed by atoms with Gasteiger partial charge in [-0.15, -0.1) is 0 Å². The number of alkyl carbamates (subject to hydrolysis) is 1. The molecule has 1 aliphatic carbocycles. The molecule has 28 heavy (non-hydrogen) atoms. The zero-order chi connectivity index (χ0) is 20.3. The molecule has 1 aliphatic rings. The average Bonchev–Trinajstić information content (AvgIpc) is 3.10. The molecule has 1 unspecified atom stereocenters. The summed E-state index contributed by atoms with van der Waals surface area (Å²) in [5.41, 5.74) is 1.51. The largest absolute Gasteiger partial charge is 0.444 e. The highest BCUT2D eigenvalue weighted by molar-refractivity contribution is 5.68. The molecule has 7 heteroatoms. The van der Waals surface area contributed by atoms with E-state index in [1.807, 2.05) is 31.4 Å². The number of carbonyl (C=O) groups excluding carboxylic acids is 1. The van der Waals surface area contributed by atoms with Crippen molar-refractivity contribution < 1.29 is 9.53 Å². The van der Waals surface area contributed by atoms with Crippen molar-refractivity contribution in [2.75, 3.05) is 5.32 Å². The van der Waals surface area contributed by atoms with Gasteiger partial charge in [0.15, 0.2) is 5.65 Å². The Bertz CT molecular complexity index is 803. The van der Waals surface area contributed by atoms with Gasteiger partial charge in [0.25, 0.3) is 0 Å².